The predicted molar refractivity (Wildman–Crippen MR) is 81.5 cm³/mol. The molecule has 0 aliphatic heterocycles. The molecule has 0 aliphatic rings. The van der Waals surface area contributed by atoms with Crippen LogP contribution in [-0.4, -0.2) is 7.05 Å². The normalized spacial score (nSPS) is 14.7. The summed E-state index contributed by atoms with van der Waals surface area (Å²) in [6.45, 7) is 6.74. The lowest BCUT2D eigenvalue weighted by Gasteiger charge is -2.23. The molecule has 104 valence electrons. The second-order valence-electron chi connectivity index (χ2n) is 5.32. The molecule has 1 aromatic carbocycles. The van der Waals surface area contributed by atoms with Gasteiger partial charge in [0, 0.05) is 23.4 Å². The molecule has 2 heteroatoms. The summed E-state index contributed by atoms with van der Waals surface area (Å²) in [5.41, 5.74) is 2.37. The van der Waals surface area contributed by atoms with Crippen LogP contribution in [0, 0.1) is 5.92 Å². The molecule has 0 amide bonds. The molecular weight excluding hydrogens is 234 g/mol. The number of nitrogens with one attached hydrogen (secondary N) is 1. The summed E-state index contributed by atoms with van der Waals surface area (Å²) in [5, 5.41) is 4.76. The van der Waals surface area contributed by atoms with Gasteiger partial charge in [-0.3, -0.25) is 0 Å². The highest BCUT2D eigenvalue weighted by molar-refractivity contribution is 5.82. The van der Waals surface area contributed by atoms with E-state index < -0.39 is 0 Å². The minimum atomic E-state index is 0.374. The fourth-order valence-electron chi connectivity index (χ4n) is 3.06. The fraction of sp³-hybridized carbons (Fsp3) is 0.529. The quantitative estimate of drug-likeness (QED) is 0.814. The number of para-hydroxylation sites is 1. The molecule has 1 N–H and O–H groups in total. The minimum absolute atomic E-state index is 0.374. The molecule has 0 aliphatic carbocycles. The largest absolute Gasteiger partial charge is 0.461 e. The van der Waals surface area contributed by atoms with Crippen molar-refractivity contribution in [3.63, 3.8) is 0 Å². The Morgan fingerprint density at radius 1 is 1.21 bits per heavy atom. The van der Waals surface area contributed by atoms with Gasteiger partial charge in [0.15, 0.2) is 0 Å². The van der Waals surface area contributed by atoms with Crippen LogP contribution >= 0.6 is 0 Å². The fourth-order valence-corrected chi connectivity index (χ4v) is 3.06. The monoisotopic (exact) mass is 259 g/mol. The first-order chi connectivity index (χ1) is 9.22. The third-order valence-corrected chi connectivity index (χ3v) is 3.97. The molecule has 2 atom stereocenters. The maximum absolute atomic E-state index is 6.02. The Labute approximate surface area is 116 Å². The van der Waals surface area contributed by atoms with Gasteiger partial charge in [-0.2, -0.15) is 0 Å². The van der Waals surface area contributed by atoms with Crippen LogP contribution in [-0.2, 0) is 6.42 Å². The van der Waals surface area contributed by atoms with Gasteiger partial charge in [0.2, 0.25) is 0 Å². The number of furan rings is 1. The van der Waals surface area contributed by atoms with Crippen molar-refractivity contribution in [2.75, 3.05) is 7.05 Å². The van der Waals surface area contributed by atoms with Crippen molar-refractivity contribution < 1.29 is 4.42 Å². The van der Waals surface area contributed by atoms with Crippen LogP contribution in [0.5, 0.6) is 0 Å². The minimum Gasteiger partial charge on any atom is -0.461 e. The predicted octanol–water partition coefficient (Wildman–Crippen LogP) is 4.69. The summed E-state index contributed by atoms with van der Waals surface area (Å²) in [7, 11) is 2.05. The van der Waals surface area contributed by atoms with E-state index in [4.69, 9.17) is 4.42 Å². The van der Waals surface area contributed by atoms with Gasteiger partial charge in [0.25, 0.3) is 0 Å². The molecule has 2 rings (SSSR count). The summed E-state index contributed by atoms with van der Waals surface area (Å²) in [5.74, 6) is 1.74. The standard InChI is InChI=1S/C17H25NO/c1-5-9-12(3)17(18-4)16-13-10-7-8-11-15(13)19-14(16)6-2/h7-8,10-12,17-18H,5-6,9H2,1-4H3. The Morgan fingerprint density at radius 3 is 2.58 bits per heavy atom. The Hall–Kier alpha value is -1.28. The van der Waals surface area contributed by atoms with E-state index in [1.54, 1.807) is 0 Å². The zero-order chi connectivity index (χ0) is 13.8. The lowest BCUT2D eigenvalue weighted by Crippen LogP contribution is -2.24. The first-order valence-corrected chi connectivity index (χ1v) is 7.40. The number of aryl methyl sites for hydroxylation is 1. The third-order valence-electron chi connectivity index (χ3n) is 3.97. The number of hydrogen-bond acceptors (Lipinski definition) is 2. The van der Waals surface area contributed by atoms with Gasteiger partial charge in [-0.25, -0.2) is 0 Å². The van der Waals surface area contributed by atoms with Crippen LogP contribution < -0.4 is 5.32 Å². The second-order valence-corrected chi connectivity index (χ2v) is 5.32. The zero-order valence-electron chi connectivity index (χ0n) is 12.5. The summed E-state index contributed by atoms with van der Waals surface area (Å²) in [6, 6.07) is 8.75. The van der Waals surface area contributed by atoms with Gasteiger partial charge < -0.3 is 9.73 Å². The Kier molecular flexibility index (Phi) is 4.65. The Morgan fingerprint density at radius 2 is 1.95 bits per heavy atom. The topological polar surface area (TPSA) is 25.2 Å². The maximum atomic E-state index is 6.02. The highest BCUT2D eigenvalue weighted by Crippen LogP contribution is 2.35. The number of fused-ring (bicyclic) bond motifs is 1. The van der Waals surface area contributed by atoms with Crippen LogP contribution in [0.15, 0.2) is 28.7 Å². The molecule has 0 saturated heterocycles. The van der Waals surface area contributed by atoms with Crippen LogP contribution in [0.4, 0.5) is 0 Å². The molecule has 0 spiro atoms. The summed E-state index contributed by atoms with van der Waals surface area (Å²) in [6.07, 6.45) is 3.39. The molecule has 0 radical (unpaired) electrons. The SMILES string of the molecule is CCCC(C)C(NC)c1c(CC)oc2ccccc12. The van der Waals surface area contributed by atoms with E-state index in [1.807, 2.05) is 6.07 Å². The molecule has 0 fully saturated rings. The van der Waals surface area contributed by atoms with Crippen molar-refractivity contribution in [1.29, 1.82) is 0 Å². The average Bonchev–Trinajstić information content (AvgIpc) is 2.79. The van der Waals surface area contributed by atoms with Gasteiger partial charge in [-0.1, -0.05) is 45.4 Å². The second kappa shape index (κ2) is 6.25. The zero-order valence-corrected chi connectivity index (χ0v) is 12.5. The van der Waals surface area contributed by atoms with Gasteiger partial charge in [0.1, 0.15) is 11.3 Å². The Balaban J connectivity index is 2.51. The number of rotatable bonds is 6. The van der Waals surface area contributed by atoms with Crippen molar-refractivity contribution >= 4 is 11.0 Å². The first kappa shape index (κ1) is 14.1. The van der Waals surface area contributed by atoms with Crippen LogP contribution in [0.1, 0.15) is 51.0 Å². The van der Waals surface area contributed by atoms with E-state index in [2.05, 4.69) is 51.3 Å². The molecule has 0 bridgehead atoms. The lowest BCUT2D eigenvalue weighted by atomic mass is 9.89. The molecule has 2 unspecified atom stereocenters. The van der Waals surface area contributed by atoms with Crippen LogP contribution in [0.3, 0.4) is 0 Å². The van der Waals surface area contributed by atoms with Crippen molar-refractivity contribution in [1.82, 2.24) is 5.32 Å². The molecule has 2 aromatic rings. The highest BCUT2D eigenvalue weighted by atomic mass is 16.3. The highest BCUT2D eigenvalue weighted by Gasteiger charge is 2.24. The van der Waals surface area contributed by atoms with E-state index in [-0.39, 0.29) is 0 Å². The van der Waals surface area contributed by atoms with Gasteiger partial charge >= 0.3 is 0 Å². The Bertz CT molecular complexity index is 529. The lowest BCUT2D eigenvalue weighted by molar-refractivity contribution is 0.378. The van der Waals surface area contributed by atoms with Gasteiger partial charge in [-0.05, 0) is 25.5 Å². The van der Waals surface area contributed by atoms with Crippen molar-refractivity contribution in [3.05, 3.63) is 35.6 Å². The number of benzene rings is 1. The van der Waals surface area contributed by atoms with Crippen molar-refractivity contribution in [3.8, 4) is 0 Å². The smallest absolute Gasteiger partial charge is 0.134 e. The molecule has 1 heterocycles. The molecule has 1 aromatic heterocycles. The molecular formula is C17H25NO. The summed E-state index contributed by atoms with van der Waals surface area (Å²) >= 11 is 0. The molecule has 19 heavy (non-hydrogen) atoms. The molecule has 2 nitrogen and oxygen atoms in total. The molecule has 0 saturated carbocycles. The third kappa shape index (κ3) is 2.69. The maximum Gasteiger partial charge on any atom is 0.134 e. The van der Waals surface area contributed by atoms with Crippen molar-refractivity contribution in [2.24, 2.45) is 5.92 Å². The van der Waals surface area contributed by atoms with Crippen LogP contribution in [0.2, 0.25) is 0 Å². The van der Waals surface area contributed by atoms with E-state index in [9.17, 15) is 0 Å². The van der Waals surface area contributed by atoms with Gasteiger partial charge in [-0.15, -0.1) is 0 Å². The summed E-state index contributed by atoms with van der Waals surface area (Å²) in [4.78, 5) is 0. The van der Waals surface area contributed by atoms with E-state index in [1.165, 1.54) is 23.8 Å². The first-order valence-electron chi connectivity index (χ1n) is 7.40. The van der Waals surface area contributed by atoms with E-state index in [0.717, 1.165) is 17.8 Å². The van der Waals surface area contributed by atoms with Crippen LogP contribution in [0.25, 0.3) is 11.0 Å². The summed E-state index contributed by atoms with van der Waals surface area (Å²) < 4.78 is 6.02. The van der Waals surface area contributed by atoms with E-state index in [0.29, 0.717) is 12.0 Å². The number of hydrogen-bond donors (Lipinski definition) is 1. The van der Waals surface area contributed by atoms with Gasteiger partial charge in [0.05, 0.1) is 0 Å². The van der Waals surface area contributed by atoms with Crippen molar-refractivity contribution in [2.45, 2.75) is 46.1 Å². The average molecular weight is 259 g/mol. The van der Waals surface area contributed by atoms with E-state index >= 15 is 0 Å².